The molecule has 0 unspecified atom stereocenters. The first-order chi connectivity index (χ1) is 14.9. The second-order valence-corrected chi connectivity index (χ2v) is 8.63. The summed E-state index contributed by atoms with van der Waals surface area (Å²) >= 11 is 7.04. The zero-order valence-corrected chi connectivity index (χ0v) is 19.6. The Morgan fingerprint density at radius 3 is 2.42 bits per heavy atom. The van der Waals surface area contributed by atoms with Crippen molar-refractivity contribution in [3.63, 3.8) is 0 Å². The summed E-state index contributed by atoms with van der Waals surface area (Å²) < 4.78 is 8.20. The highest BCUT2D eigenvalue weighted by Crippen LogP contribution is 2.35. The fourth-order valence-electron chi connectivity index (χ4n) is 3.01. The Morgan fingerprint density at radius 2 is 1.71 bits per heavy atom. The van der Waals surface area contributed by atoms with Crippen LogP contribution in [0.2, 0.25) is 0 Å². The van der Waals surface area contributed by atoms with Crippen LogP contribution in [0.3, 0.4) is 0 Å². The standard InChI is InChI=1S/C23H17Br2N3O3/c1-14-6-8-15(9-7-14)13-31-21-18(24)10-16(11-19(21)25)12-26-28-22(29)17-4-2-3-5-20(17)27-23(28)30/h2-12H,13H2,1H3,(H,27,30). The van der Waals surface area contributed by atoms with E-state index in [-0.39, 0.29) is 0 Å². The van der Waals surface area contributed by atoms with Crippen molar-refractivity contribution >= 4 is 49.0 Å². The van der Waals surface area contributed by atoms with Crippen LogP contribution in [0.5, 0.6) is 5.75 Å². The van der Waals surface area contributed by atoms with E-state index in [1.807, 2.05) is 31.2 Å². The number of para-hydroxylation sites is 1. The van der Waals surface area contributed by atoms with Gasteiger partial charge in [0.25, 0.3) is 5.56 Å². The maximum atomic E-state index is 12.6. The SMILES string of the molecule is Cc1ccc(COc2c(Br)cc(C=Nn3c(=O)[nH]c4ccccc4c3=O)cc2Br)cc1. The number of aromatic nitrogens is 2. The summed E-state index contributed by atoms with van der Waals surface area (Å²) in [6.07, 6.45) is 1.45. The maximum absolute atomic E-state index is 12.6. The van der Waals surface area contributed by atoms with Crippen LogP contribution in [0, 0.1) is 6.92 Å². The number of nitrogens with zero attached hydrogens (tertiary/aromatic N) is 2. The first kappa shape index (κ1) is 21.3. The van der Waals surface area contributed by atoms with Crippen molar-refractivity contribution in [1.29, 1.82) is 0 Å². The zero-order chi connectivity index (χ0) is 22.0. The minimum absolute atomic E-state index is 0.390. The number of hydrogen-bond acceptors (Lipinski definition) is 4. The second-order valence-electron chi connectivity index (χ2n) is 6.93. The van der Waals surface area contributed by atoms with E-state index >= 15 is 0 Å². The summed E-state index contributed by atoms with van der Waals surface area (Å²) in [6, 6.07) is 18.6. The van der Waals surface area contributed by atoms with Gasteiger partial charge in [-0.15, -0.1) is 4.68 Å². The van der Waals surface area contributed by atoms with Crippen molar-refractivity contribution in [2.75, 3.05) is 0 Å². The highest BCUT2D eigenvalue weighted by Gasteiger charge is 2.10. The molecule has 0 aliphatic heterocycles. The molecule has 3 aromatic carbocycles. The molecule has 0 saturated heterocycles. The van der Waals surface area contributed by atoms with Gasteiger partial charge in [-0.25, -0.2) is 4.79 Å². The molecule has 0 bridgehead atoms. The third-order valence-corrected chi connectivity index (χ3v) is 5.81. The van der Waals surface area contributed by atoms with E-state index in [0.29, 0.717) is 28.8 Å². The van der Waals surface area contributed by atoms with Crippen molar-refractivity contribution in [3.05, 3.63) is 107 Å². The number of fused-ring (bicyclic) bond motifs is 1. The third kappa shape index (κ3) is 4.70. The number of H-pyrrole nitrogens is 1. The Bertz CT molecular complexity index is 1380. The maximum Gasteiger partial charge on any atom is 0.349 e. The number of hydrogen-bond donors (Lipinski definition) is 1. The summed E-state index contributed by atoms with van der Waals surface area (Å²) in [5, 5.41) is 4.48. The van der Waals surface area contributed by atoms with Crippen LogP contribution < -0.4 is 16.0 Å². The number of rotatable bonds is 5. The first-order valence-electron chi connectivity index (χ1n) is 9.38. The molecule has 0 radical (unpaired) electrons. The molecule has 4 rings (SSSR count). The molecule has 1 aromatic heterocycles. The molecule has 0 fully saturated rings. The molecule has 0 saturated carbocycles. The van der Waals surface area contributed by atoms with Crippen LogP contribution in [-0.4, -0.2) is 15.9 Å². The Kier molecular flexibility index (Phi) is 6.20. The molecule has 0 amide bonds. The van der Waals surface area contributed by atoms with E-state index in [2.05, 4.69) is 41.9 Å². The van der Waals surface area contributed by atoms with Crippen molar-refractivity contribution in [2.24, 2.45) is 5.10 Å². The Labute approximate surface area is 194 Å². The van der Waals surface area contributed by atoms with Crippen molar-refractivity contribution in [3.8, 4) is 5.75 Å². The second kappa shape index (κ2) is 9.03. The Hall–Kier alpha value is -2.97. The van der Waals surface area contributed by atoms with E-state index < -0.39 is 11.2 Å². The van der Waals surface area contributed by atoms with Gasteiger partial charge in [-0.05, 0) is 74.2 Å². The van der Waals surface area contributed by atoms with Gasteiger partial charge in [0.05, 0.1) is 26.1 Å². The van der Waals surface area contributed by atoms with Gasteiger partial charge in [-0.1, -0.05) is 42.0 Å². The monoisotopic (exact) mass is 541 g/mol. The minimum atomic E-state index is -0.601. The van der Waals surface area contributed by atoms with Crippen LogP contribution in [-0.2, 0) is 6.61 Å². The molecule has 1 N–H and O–H groups in total. The third-order valence-electron chi connectivity index (χ3n) is 4.63. The molecule has 1 heterocycles. The normalized spacial score (nSPS) is 11.3. The predicted molar refractivity (Wildman–Crippen MR) is 129 cm³/mol. The van der Waals surface area contributed by atoms with Crippen molar-refractivity contribution in [1.82, 2.24) is 9.66 Å². The van der Waals surface area contributed by atoms with Crippen molar-refractivity contribution in [2.45, 2.75) is 13.5 Å². The molecule has 0 spiro atoms. The van der Waals surface area contributed by atoms with Crippen molar-refractivity contribution < 1.29 is 4.74 Å². The van der Waals surface area contributed by atoms with Gasteiger partial charge in [0.1, 0.15) is 12.4 Å². The van der Waals surface area contributed by atoms with Gasteiger partial charge >= 0.3 is 5.69 Å². The molecule has 156 valence electrons. The largest absolute Gasteiger partial charge is 0.487 e. The van der Waals surface area contributed by atoms with Gasteiger partial charge in [0.2, 0.25) is 0 Å². The summed E-state index contributed by atoms with van der Waals surface area (Å²) in [5.74, 6) is 0.651. The fourth-order valence-corrected chi connectivity index (χ4v) is 4.46. The molecule has 8 heteroatoms. The van der Waals surface area contributed by atoms with Gasteiger partial charge in [-0.2, -0.15) is 5.10 Å². The number of benzene rings is 3. The van der Waals surface area contributed by atoms with Gasteiger partial charge in [0, 0.05) is 0 Å². The van der Waals surface area contributed by atoms with E-state index in [9.17, 15) is 9.59 Å². The van der Waals surface area contributed by atoms with E-state index in [0.717, 1.165) is 19.2 Å². The summed E-state index contributed by atoms with van der Waals surface area (Å²) in [5.41, 5.74) is 2.33. The van der Waals surface area contributed by atoms with Crippen LogP contribution in [0.4, 0.5) is 0 Å². The van der Waals surface area contributed by atoms with Crippen LogP contribution in [0.1, 0.15) is 16.7 Å². The number of aromatic amines is 1. The molecule has 4 aromatic rings. The number of halogens is 2. The molecule has 6 nitrogen and oxygen atoms in total. The lowest BCUT2D eigenvalue weighted by Crippen LogP contribution is -2.32. The predicted octanol–water partition coefficient (Wildman–Crippen LogP) is 4.98. The molecular weight excluding hydrogens is 526 g/mol. The molecule has 0 aliphatic carbocycles. The quantitative estimate of drug-likeness (QED) is 0.361. The van der Waals surface area contributed by atoms with E-state index in [4.69, 9.17) is 4.74 Å². The highest BCUT2D eigenvalue weighted by atomic mass is 79.9. The molecule has 0 aliphatic rings. The molecule has 31 heavy (non-hydrogen) atoms. The molecule has 0 atom stereocenters. The van der Waals surface area contributed by atoms with E-state index in [1.54, 1.807) is 36.4 Å². The first-order valence-corrected chi connectivity index (χ1v) is 11.0. The highest BCUT2D eigenvalue weighted by molar-refractivity contribution is 9.11. The van der Waals surface area contributed by atoms with E-state index in [1.165, 1.54) is 11.8 Å². The lowest BCUT2D eigenvalue weighted by atomic mass is 10.2. The van der Waals surface area contributed by atoms with Crippen LogP contribution in [0.25, 0.3) is 10.9 Å². The summed E-state index contributed by atoms with van der Waals surface area (Å²) in [6.45, 7) is 2.46. The fraction of sp³-hybridized carbons (Fsp3) is 0.0870. The number of ether oxygens (including phenoxy) is 1. The van der Waals surface area contributed by atoms with Gasteiger partial charge in [0.15, 0.2) is 0 Å². The Balaban J connectivity index is 1.59. The lowest BCUT2D eigenvalue weighted by Gasteiger charge is -2.11. The zero-order valence-electron chi connectivity index (χ0n) is 16.4. The average Bonchev–Trinajstić information content (AvgIpc) is 2.74. The van der Waals surface area contributed by atoms with Gasteiger partial charge in [-0.3, -0.25) is 4.79 Å². The average molecular weight is 543 g/mol. The van der Waals surface area contributed by atoms with Crippen LogP contribution >= 0.6 is 31.9 Å². The molecular formula is C23H17Br2N3O3. The smallest absolute Gasteiger partial charge is 0.349 e. The van der Waals surface area contributed by atoms with Gasteiger partial charge < -0.3 is 9.72 Å². The minimum Gasteiger partial charge on any atom is -0.487 e. The summed E-state index contributed by atoms with van der Waals surface area (Å²) in [7, 11) is 0. The summed E-state index contributed by atoms with van der Waals surface area (Å²) in [4.78, 5) is 27.5. The number of nitrogens with one attached hydrogen (secondary N) is 1. The number of aryl methyl sites for hydroxylation is 1. The topological polar surface area (TPSA) is 76.5 Å². The Morgan fingerprint density at radius 1 is 1.03 bits per heavy atom. The lowest BCUT2D eigenvalue weighted by molar-refractivity contribution is 0.302. The van der Waals surface area contributed by atoms with Crippen LogP contribution in [0.15, 0.2) is 84.3 Å².